The van der Waals surface area contributed by atoms with Crippen LogP contribution in [0.2, 0.25) is 0 Å². The summed E-state index contributed by atoms with van der Waals surface area (Å²) in [5.41, 5.74) is -0.270. The first-order valence-electron chi connectivity index (χ1n) is 6.48. The number of benzene rings is 1. The van der Waals surface area contributed by atoms with Crippen LogP contribution in [0.4, 0.5) is 4.39 Å². The molecule has 1 atom stereocenters. The normalized spacial score (nSPS) is 18.7. The van der Waals surface area contributed by atoms with Gasteiger partial charge in [0.15, 0.2) is 0 Å². The first-order valence-corrected chi connectivity index (χ1v) is 8.02. The monoisotopic (exact) mass is 316 g/mol. The zero-order valence-electron chi connectivity index (χ0n) is 11.6. The van der Waals surface area contributed by atoms with Gasteiger partial charge in [-0.1, -0.05) is 0 Å². The molecule has 6 nitrogen and oxygen atoms in total. The van der Waals surface area contributed by atoms with Crippen LogP contribution >= 0.6 is 0 Å². The van der Waals surface area contributed by atoms with Crippen molar-refractivity contribution in [3.8, 4) is 0 Å². The highest BCUT2D eigenvalue weighted by Crippen LogP contribution is 2.19. The lowest BCUT2D eigenvalue weighted by Gasteiger charge is -2.12. The molecule has 0 aromatic heterocycles. The number of nitrogens with one attached hydrogen (secondary N) is 1. The van der Waals surface area contributed by atoms with Crippen molar-refractivity contribution < 1.29 is 22.3 Å². The molecule has 0 bridgehead atoms. The van der Waals surface area contributed by atoms with Gasteiger partial charge in [-0.3, -0.25) is 4.79 Å². The summed E-state index contributed by atoms with van der Waals surface area (Å²) in [6, 6.07) is 2.06. The zero-order valence-corrected chi connectivity index (χ0v) is 12.4. The summed E-state index contributed by atoms with van der Waals surface area (Å²) in [4.78, 5) is 11.7. The van der Waals surface area contributed by atoms with Crippen molar-refractivity contribution in [3.05, 3.63) is 29.1 Å². The van der Waals surface area contributed by atoms with Gasteiger partial charge in [0.1, 0.15) is 5.82 Å². The summed E-state index contributed by atoms with van der Waals surface area (Å²) in [7, 11) is -4.00. The Kier molecular flexibility index (Phi) is 4.60. The summed E-state index contributed by atoms with van der Waals surface area (Å²) in [6.07, 6.45) is 0.832. The van der Waals surface area contributed by atoms with Gasteiger partial charge in [0.05, 0.1) is 17.1 Å². The van der Waals surface area contributed by atoms with Crippen LogP contribution in [0.25, 0.3) is 0 Å². The fraction of sp³-hybridized carbons (Fsp3) is 0.462. The maximum atomic E-state index is 14.0. The number of halogens is 1. The highest BCUT2D eigenvalue weighted by Gasteiger charge is 2.21. The van der Waals surface area contributed by atoms with Crippen molar-refractivity contribution in [3.63, 3.8) is 0 Å². The van der Waals surface area contributed by atoms with Crippen LogP contribution in [0, 0.1) is 18.7 Å². The number of hydrogen-bond acceptors (Lipinski definition) is 4. The Morgan fingerprint density at radius 3 is 2.81 bits per heavy atom. The second-order valence-electron chi connectivity index (χ2n) is 5.09. The van der Waals surface area contributed by atoms with Crippen molar-refractivity contribution in [2.75, 3.05) is 19.8 Å². The van der Waals surface area contributed by atoms with E-state index >= 15 is 0 Å². The maximum Gasteiger partial charge on any atom is 0.254 e. The fourth-order valence-electron chi connectivity index (χ4n) is 2.14. The Morgan fingerprint density at radius 1 is 1.52 bits per heavy atom. The molecular formula is C13H17FN2O4S. The van der Waals surface area contributed by atoms with E-state index in [1.807, 2.05) is 0 Å². The van der Waals surface area contributed by atoms with Crippen LogP contribution < -0.4 is 10.5 Å². The summed E-state index contributed by atoms with van der Waals surface area (Å²) in [5, 5.41) is 7.61. The van der Waals surface area contributed by atoms with Gasteiger partial charge in [0, 0.05) is 19.1 Å². The molecule has 1 aliphatic rings. The summed E-state index contributed by atoms with van der Waals surface area (Å²) in [6.45, 7) is 2.94. The molecule has 0 aliphatic carbocycles. The summed E-state index contributed by atoms with van der Waals surface area (Å²) in [5.74, 6) is -1.21. The van der Waals surface area contributed by atoms with E-state index in [9.17, 15) is 17.6 Å². The molecule has 3 N–H and O–H groups in total. The predicted octanol–water partition coefficient (Wildman–Crippen LogP) is 0.548. The molecule has 1 unspecified atom stereocenters. The quantitative estimate of drug-likeness (QED) is 0.847. The first kappa shape index (κ1) is 15.9. The zero-order chi connectivity index (χ0) is 15.6. The highest BCUT2D eigenvalue weighted by atomic mass is 32.2. The van der Waals surface area contributed by atoms with Crippen LogP contribution in [0.15, 0.2) is 17.0 Å². The molecule has 1 aromatic carbocycles. The number of nitrogens with two attached hydrogens (primary N) is 1. The van der Waals surface area contributed by atoms with Gasteiger partial charge in [-0.05, 0) is 31.0 Å². The molecule has 1 aliphatic heterocycles. The van der Waals surface area contributed by atoms with Crippen LogP contribution in [0.3, 0.4) is 0 Å². The maximum absolute atomic E-state index is 14.0. The van der Waals surface area contributed by atoms with E-state index in [1.54, 1.807) is 0 Å². The number of carbonyl (C=O) groups is 1. The molecular weight excluding hydrogens is 299 g/mol. The minimum Gasteiger partial charge on any atom is -0.381 e. The standard InChI is InChI=1S/C13H17FN2O4S/c1-8-4-10(21(15,18)19)5-11(12(8)14)13(17)16-6-9-2-3-20-7-9/h4-5,9H,2-3,6-7H2,1H3,(H,16,17)(H2,15,18,19). The van der Waals surface area contributed by atoms with Crippen molar-refractivity contribution >= 4 is 15.9 Å². The Labute approximate surface area is 122 Å². The van der Waals surface area contributed by atoms with E-state index in [4.69, 9.17) is 9.88 Å². The van der Waals surface area contributed by atoms with Crippen molar-refractivity contribution in [2.24, 2.45) is 11.1 Å². The molecule has 0 saturated carbocycles. The molecule has 1 saturated heterocycles. The third kappa shape index (κ3) is 3.78. The Balaban J connectivity index is 2.21. The lowest BCUT2D eigenvalue weighted by Crippen LogP contribution is -2.30. The molecule has 8 heteroatoms. The largest absolute Gasteiger partial charge is 0.381 e. The predicted molar refractivity (Wildman–Crippen MR) is 73.8 cm³/mol. The molecule has 1 amide bonds. The number of ether oxygens (including phenoxy) is 1. The van der Waals surface area contributed by atoms with Crippen LogP contribution in [0.1, 0.15) is 22.3 Å². The molecule has 116 valence electrons. The van der Waals surface area contributed by atoms with Crippen LogP contribution in [-0.4, -0.2) is 34.1 Å². The summed E-state index contributed by atoms with van der Waals surface area (Å²) >= 11 is 0. The average Bonchev–Trinajstić information content (AvgIpc) is 2.91. The highest BCUT2D eigenvalue weighted by molar-refractivity contribution is 7.89. The van der Waals surface area contributed by atoms with Gasteiger partial charge in [-0.15, -0.1) is 0 Å². The number of carbonyl (C=O) groups excluding carboxylic acids is 1. The molecule has 1 heterocycles. The minimum absolute atomic E-state index is 0.0517. The number of sulfonamides is 1. The van der Waals surface area contributed by atoms with E-state index in [2.05, 4.69) is 5.32 Å². The van der Waals surface area contributed by atoms with E-state index in [1.165, 1.54) is 6.92 Å². The number of aryl methyl sites for hydroxylation is 1. The molecule has 1 fully saturated rings. The number of hydrogen-bond donors (Lipinski definition) is 2. The molecule has 1 aromatic rings. The Hall–Kier alpha value is -1.51. The van der Waals surface area contributed by atoms with Crippen LogP contribution in [0.5, 0.6) is 0 Å². The topological polar surface area (TPSA) is 98.5 Å². The molecule has 0 spiro atoms. The third-order valence-corrected chi connectivity index (χ3v) is 4.27. The van der Waals surface area contributed by atoms with Gasteiger partial charge < -0.3 is 10.1 Å². The van der Waals surface area contributed by atoms with E-state index in [0.717, 1.165) is 18.6 Å². The van der Waals surface area contributed by atoms with Gasteiger partial charge in [-0.25, -0.2) is 17.9 Å². The average molecular weight is 316 g/mol. The number of rotatable bonds is 4. The molecule has 2 rings (SSSR count). The van der Waals surface area contributed by atoms with Gasteiger partial charge >= 0.3 is 0 Å². The third-order valence-electron chi connectivity index (χ3n) is 3.38. The first-order chi connectivity index (χ1) is 9.79. The second-order valence-corrected chi connectivity index (χ2v) is 6.65. The smallest absolute Gasteiger partial charge is 0.254 e. The number of amides is 1. The van der Waals surface area contributed by atoms with Crippen molar-refractivity contribution in [1.29, 1.82) is 0 Å². The van der Waals surface area contributed by atoms with Crippen molar-refractivity contribution in [1.82, 2.24) is 5.32 Å². The van der Waals surface area contributed by atoms with E-state index in [-0.39, 0.29) is 21.9 Å². The Morgan fingerprint density at radius 2 is 2.24 bits per heavy atom. The van der Waals surface area contributed by atoms with E-state index in [0.29, 0.717) is 19.8 Å². The SMILES string of the molecule is Cc1cc(S(N)(=O)=O)cc(C(=O)NCC2CCOC2)c1F. The van der Waals surface area contributed by atoms with Crippen molar-refractivity contribution in [2.45, 2.75) is 18.2 Å². The van der Waals surface area contributed by atoms with Gasteiger partial charge in [-0.2, -0.15) is 0 Å². The molecule has 21 heavy (non-hydrogen) atoms. The van der Waals surface area contributed by atoms with Crippen LogP contribution in [-0.2, 0) is 14.8 Å². The lowest BCUT2D eigenvalue weighted by atomic mass is 10.1. The van der Waals surface area contributed by atoms with Gasteiger partial charge in [0.2, 0.25) is 10.0 Å². The number of primary sulfonamides is 1. The van der Waals surface area contributed by atoms with Gasteiger partial charge in [0.25, 0.3) is 5.91 Å². The molecule has 0 radical (unpaired) electrons. The fourth-order valence-corrected chi connectivity index (χ4v) is 2.77. The Bertz CT molecular complexity index is 654. The minimum atomic E-state index is -4.00. The van der Waals surface area contributed by atoms with E-state index < -0.39 is 21.7 Å². The second kappa shape index (κ2) is 6.08. The summed E-state index contributed by atoms with van der Waals surface area (Å²) < 4.78 is 41.9. The lowest BCUT2D eigenvalue weighted by molar-refractivity contribution is 0.0940.